The molecule has 1 aliphatic rings. The fraction of sp³-hybridized carbons (Fsp3) is 0.538. The Morgan fingerprint density at radius 1 is 1.18 bits per heavy atom. The molecule has 0 radical (unpaired) electrons. The first-order chi connectivity index (χ1) is 9.59. The van der Waals surface area contributed by atoms with Crippen LogP contribution in [0.2, 0.25) is 0 Å². The minimum absolute atomic E-state index is 0. The molecule has 0 atom stereocenters. The molecular weight excluding hydrogens is 413 g/mol. The molecule has 1 aliphatic heterocycles. The standard InChI is InChI=1S/C13H20BrN3O2S.2ClH/c14-12-4-1-2-5-13(12)20(18,19)16-6-3-9-17-10-7-15-8-11-17;;/h1-2,4-5,15-16H,3,6-11H2;2*1H. The molecule has 1 saturated heterocycles. The molecule has 0 bridgehead atoms. The third-order valence-electron chi connectivity index (χ3n) is 3.28. The molecule has 2 N–H and O–H groups in total. The van der Waals surface area contributed by atoms with E-state index in [1.54, 1.807) is 24.3 Å². The minimum atomic E-state index is -3.42. The summed E-state index contributed by atoms with van der Waals surface area (Å²) in [6.07, 6.45) is 0.823. The second-order valence-corrected chi connectivity index (χ2v) is 7.36. The number of sulfonamides is 1. The van der Waals surface area contributed by atoms with Gasteiger partial charge in [0.1, 0.15) is 0 Å². The molecule has 5 nitrogen and oxygen atoms in total. The summed E-state index contributed by atoms with van der Waals surface area (Å²) < 4.78 is 27.5. The second-order valence-electron chi connectivity index (χ2n) is 4.77. The SMILES string of the molecule is Cl.Cl.O=S(=O)(NCCCN1CCNCC1)c1ccccc1Br. The van der Waals surface area contributed by atoms with Gasteiger partial charge in [-0.3, -0.25) is 0 Å². The number of rotatable bonds is 6. The maximum atomic E-state index is 12.1. The summed E-state index contributed by atoms with van der Waals surface area (Å²) >= 11 is 3.27. The van der Waals surface area contributed by atoms with Gasteiger partial charge in [-0.05, 0) is 41.0 Å². The largest absolute Gasteiger partial charge is 0.314 e. The topological polar surface area (TPSA) is 61.4 Å². The Hall–Kier alpha value is 0.110. The van der Waals surface area contributed by atoms with Gasteiger partial charge in [0.25, 0.3) is 0 Å². The van der Waals surface area contributed by atoms with Crippen molar-refractivity contribution in [2.24, 2.45) is 0 Å². The third kappa shape index (κ3) is 6.70. The molecule has 2 rings (SSSR count). The van der Waals surface area contributed by atoms with Crippen LogP contribution in [0.4, 0.5) is 0 Å². The Morgan fingerprint density at radius 3 is 2.45 bits per heavy atom. The van der Waals surface area contributed by atoms with Crippen molar-refractivity contribution in [3.63, 3.8) is 0 Å². The van der Waals surface area contributed by atoms with E-state index in [4.69, 9.17) is 0 Å². The number of hydrogen-bond acceptors (Lipinski definition) is 4. The summed E-state index contributed by atoms with van der Waals surface area (Å²) in [4.78, 5) is 2.64. The molecule has 0 saturated carbocycles. The lowest BCUT2D eigenvalue weighted by molar-refractivity contribution is 0.239. The van der Waals surface area contributed by atoms with Crippen molar-refractivity contribution < 1.29 is 8.42 Å². The van der Waals surface area contributed by atoms with E-state index >= 15 is 0 Å². The molecule has 9 heteroatoms. The first kappa shape index (κ1) is 22.1. The Kier molecular flexibility index (Phi) is 10.9. The average Bonchev–Trinajstić information content (AvgIpc) is 2.45. The molecule has 0 aliphatic carbocycles. The molecule has 1 fully saturated rings. The molecule has 0 amide bonds. The van der Waals surface area contributed by atoms with Crippen molar-refractivity contribution >= 4 is 50.8 Å². The van der Waals surface area contributed by atoms with E-state index in [0.717, 1.165) is 39.1 Å². The highest BCUT2D eigenvalue weighted by atomic mass is 79.9. The van der Waals surface area contributed by atoms with Gasteiger partial charge in [0.15, 0.2) is 0 Å². The molecular formula is C13H22BrCl2N3O2S. The molecule has 1 heterocycles. The van der Waals surface area contributed by atoms with Crippen LogP contribution in [0.25, 0.3) is 0 Å². The quantitative estimate of drug-likeness (QED) is 0.671. The number of halogens is 3. The highest BCUT2D eigenvalue weighted by Crippen LogP contribution is 2.20. The predicted octanol–water partition coefficient (Wildman–Crippen LogP) is 1.87. The van der Waals surface area contributed by atoms with Crippen LogP contribution in [0, 0.1) is 0 Å². The van der Waals surface area contributed by atoms with Gasteiger partial charge in [-0.1, -0.05) is 12.1 Å². The number of hydrogen-bond donors (Lipinski definition) is 2. The van der Waals surface area contributed by atoms with Gasteiger partial charge in [-0.25, -0.2) is 13.1 Å². The first-order valence-corrected chi connectivity index (χ1v) is 9.04. The second kappa shape index (κ2) is 10.8. The maximum Gasteiger partial charge on any atom is 0.241 e. The van der Waals surface area contributed by atoms with Crippen LogP contribution in [0.15, 0.2) is 33.6 Å². The Bertz CT molecular complexity index is 540. The fourth-order valence-corrected chi connectivity index (χ4v) is 4.26. The molecule has 22 heavy (non-hydrogen) atoms. The van der Waals surface area contributed by atoms with E-state index in [1.165, 1.54) is 0 Å². The van der Waals surface area contributed by atoms with Crippen LogP contribution >= 0.6 is 40.7 Å². The Morgan fingerprint density at radius 2 is 1.82 bits per heavy atom. The Balaban J connectivity index is 0.00000220. The monoisotopic (exact) mass is 433 g/mol. The van der Waals surface area contributed by atoms with Gasteiger partial charge in [0.2, 0.25) is 10.0 Å². The number of nitrogens with zero attached hydrogens (tertiary/aromatic N) is 1. The van der Waals surface area contributed by atoms with Crippen molar-refractivity contribution in [3.05, 3.63) is 28.7 Å². The first-order valence-electron chi connectivity index (χ1n) is 6.77. The van der Waals surface area contributed by atoms with E-state index in [1.807, 2.05) is 0 Å². The lowest BCUT2D eigenvalue weighted by atomic mass is 10.3. The summed E-state index contributed by atoms with van der Waals surface area (Å²) in [6.45, 7) is 5.51. The third-order valence-corrected chi connectivity index (χ3v) is 5.75. The fourth-order valence-electron chi connectivity index (χ4n) is 2.18. The van der Waals surface area contributed by atoms with Crippen molar-refractivity contribution in [2.75, 3.05) is 39.3 Å². The van der Waals surface area contributed by atoms with Gasteiger partial charge in [0, 0.05) is 37.2 Å². The molecule has 1 aromatic rings. The average molecular weight is 435 g/mol. The van der Waals surface area contributed by atoms with Gasteiger partial charge < -0.3 is 10.2 Å². The molecule has 128 valence electrons. The van der Waals surface area contributed by atoms with Crippen LogP contribution in [0.1, 0.15) is 6.42 Å². The molecule has 1 aromatic carbocycles. The van der Waals surface area contributed by atoms with Crippen LogP contribution in [0.3, 0.4) is 0 Å². The van der Waals surface area contributed by atoms with Crippen LogP contribution in [-0.4, -0.2) is 52.6 Å². The van der Waals surface area contributed by atoms with Crippen molar-refractivity contribution in [2.45, 2.75) is 11.3 Å². The summed E-state index contributed by atoms with van der Waals surface area (Å²) in [5.74, 6) is 0. The zero-order chi connectivity index (χ0) is 14.4. The van der Waals surface area contributed by atoms with E-state index < -0.39 is 10.0 Å². The van der Waals surface area contributed by atoms with E-state index in [2.05, 4.69) is 30.9 Å². The minimum Gasteiger partial charge on any atom is -0.314 e. The smallest absolute Gasteiger partial charge is 0.241 e. The summed E-state index contributed by atoms with van der Waals surface area (Å²) in [7, 11) is -3.42. The molecule has 0 aromatic heterocycles. The van der Waals surface area contributed by atoms with Crippen LogP contribution < -0.4 is 10.0 Å². The van der Waals surface area contributed by atoms with Gasteiger partial charge in [-0.15, -0.1) is 24.8 Å². The van der Waals surface area contributed by atoms with Crippen LogP contribution in [-0.2, 0) is 10.0 Å². The van der Waals surface area contributed by atoms with E-state index in [-0.39, 0.29) is 24.8 Å². The molecule has 0 unspecified atom stereocenters. The van der Waals surface area contributed by atoms with Crippen molar-refractivity contribution in [1.82, 2.24) is 14.9 Å². The van der Waals surface area contributed by atoms with E-state index in [0.29, 0.717) is 15.9 Å². The maximum absolute atomic E-state index is 12.1. The zero-order valence-corrected chi connectivity index (χ0v) is 16.2. The summed E-state index contributed by atoms with van der Waals surface area (Å²) in [5.41, 5.74) is 0. The zero-order valence-electron chi connectivity index (χ0n) is 12.1. The van der Waals surface area contributed by atoms with Crippen LogP contribution in [0.5, 0.6) is 0 Å². The summed E-state index contributed by atoms with van der Waals surface area (Å²) in [6, 6.07) is 6.85. The number of benzene rings is 1. The summed E-state index contributed by atoms with van der Waals surface area (Å²) in [5, 5.41) is 3.30. The van der Waals surface area contributed by atoms with Gasteiger partial charge >= 0.3 is 0 Å². The van der Waals surface area contributed by atoms with Gasteiger partial charge in [0.05, 0.1) is 4.90 Å². The van der Waals surface area contributed by atoms with Crippen molar-refractivity contribution in [3.8, 4) is 0 Å². The highest BCUT2D eigenvalue weighted by molar-refractivity contribution is 9.10. The van der Waals surface area contributed by atoms with Gasteiger partial charge in [-0.2, -0.15) is 0 Å². The lowest BCUT2D eigenvalue weighted by Crippen LogP contribution is -2.44. The van der Waals surface area contributed by atoms with E-state index in [9.17, 15) is 8.42 Å². The predicted molar refractivity (Wildman–Crippen MR) is 97.8 cm³/mol. The Labute approximate surface area is 153 Å². The number of piperazine rings is 1. The number of nitrogens with one attached hydrogen (secondary N) is 2. The normalized spacial score (nSPS) is 15.7. The highest BCUT2D eigenvalue weighted by Gasteiger charge is 2.16. The van der Waals surface area contributed by atoms with Crippen molar-refractivity contribution in [1.29, 1.82) is 0 Å². The lowest BCUT2D eigenvalue weighted by Gasteiger charge is -2.27. The molecule has 0 spiro atoms.